The number of fused-ring (bicyclic) bond motifs is 12. The normalized spacial score (nSPS) is 15.5. The number of allylic oxidation sites excluding steroid dienone is 1. The zero-order valence-corrected chi connectivity index (χ0v) is 34.3. The largest absolute Gasteiger partial charge is 0.313 e. The molecule has 3 aromatic heterocycles. The fourth-order valence-electron chi connectivity index (χ4n) is 10.9. The number of hydrogen-bond donors (Lipinski definition) is 0. The summed E-state index contributed by atoms with van der Waals surface area (Å²) in [6.45, 7) is 4.79. The molecule has 3 heteroatoms. The predicted octanol–water partition coefficient (Wildman–Crippen LogP) is 15.6. The number of aromatic nitrogens is 2. The Labute approximate surface area is 352 Å². The molecule has 0 aliphatic heterocycles. The molecule has 11 aromatic rings. The van der Waals surface area contributed by atoms with Crippen LogP contribution in [0.1, 0.15) is 53.3 Å². The van der Waals surface area contributed by atoms with Gasteiger partial charge in [-0.25, -0.2) is 0 Å². The molecule has 60 heavy (non-hydrogen) atoms. The fourth-order valence-corrected chi connectivity index (χ4v) is 12.2. The van der Waals surface area contributed by atoms with Gasteiger partial charge in [-0.1, -0.05) is 141 Å². The van der Waals surface area contributed by atoms with Gasteiger partial charge < -0.3 is 9.13 Å². The van der Waals surface area contributed by atoms with Crippen molar-refractivity contribution in [3.05, 3.63) is 209 Å². The van der Waals surface area contributed by atoms with Gasteiger partial charge in [0.1, 0.15) is 0 Å². The molecule has 0 radical (unpaired) electrons. The molecule has 0 spiro atoms. The second-order valence-electron chi connectivity index (χ2n) is 17.2. The average molecular weight is 785 g/mol. The maximum atomic E-state index is 2.57. The monoisotopic (exact) mass is 784 g/mol. The highest BCUT2D eigenvalue weighted by Crippen LogP contribution is 2.53. The number of hydrogen-bond acceptors (Lipinski definition) is 1. The van der Waals surface area contributed by atoms with Gasteiger partial charge in [-0.3, -0.25) is 0 Å². The predicted molar refractivity (Wildman–Crippen MR) is 256 cm³/mol. The summed E-state index contributed by atoms with van der Waals surface area (Å²) in [5, 5.41) is 6.45. The molecule has 0 N–H and O–H groups in total. The van der Waals surface area contributed by atoms with Gasteiger partial charge in [0, 0.05) is 59.2 Å². The standard InChI is InChI=1S/C57H40N2S/c1-57(2)49-20-10-6-16-40(49)41-27-24-37(32-50(41)57)45-33-39(34-48-44-19-9-13-23-55(44)60-56(45)48)59-52-22-12-8-18-43(52)47-31-36(26-29-54(47)59)35-25-28-53-46(30-35)42-17-7-11-21-51(42)58(53)38-14-4-3-5-15-38/h3-32,34,45H,33H2,1-2H3. The van der Waals surface area contributed by atoms with Crippen LogP contribution in [0.5, 0.6) is 0 Å². The number of benzene rings is 8. The Hall–Kier alpha value is -6.94. The van der Waals surface area contributed by atoms with E-state index in [0.29, 0.717) is 0 Å². The minimum absolute atomic E-state index is 0.0493. The summed E-state index contributed by atoms with van der Waals surface area (Å²) < 4.78 is 6.32. The topological polar surface area (TPSA) is 9.86 Å². The van der Waals surface area contributed by atoms with Crippen molar-refractivity contribution in [3.63, 3.8) is 0 Å². The van der Waals surface area contributed by atoms with Crippen LogP contribution in [0.25, 0.3) is 93.4 Å². The molecule has 2 aliphatic carbocycles. The number of nitrogens with zero attached hydrogens (tertiary/aromatic N) is 2. The molecule has 0 amide bonds. The lowest BCUT2D eigenvalue weighted by molar-refractivity contribution is 0.658. The van der Waals surface area contributed by atoms with Crippen molar-refractivity contribution in [2.75, 3.05) is 0 Å². The highest BCUT2D eigenvalue weighted by atomic mass is 32.1. The maximum absolute atomic E-state index is 2.57. The van der Waals surface area contributed by atoms with Crippen molar-refractivity contribution < 1.29 is 0 Å². The number of rotatable bonds is 4. The van der Waals surface area contributed by atoms with Gasteiger partial charge in [-0.2, -0.15) is 0 Å². The Bertz CT molecular complexity index is 3610. The molecule has 2 nitrogen and oxygen atoms in total. The Morgan fingerprint density at radius 3 is 1.82 bits per heavy atom. The van der Waals surface area contributed by atoms with Crippen LogP contribution >= 0.6 is 11.3 Å². The summed E-state index contributed by atoms with van der Waals surface area (Å²) in [7, 11) is 0. The lowest BCUT2D eigenvalue weighted by Crippen LogP contribution is -2.16. The van der Waals surface area contributed by atoms with Gasteiger partial charge in [0.2, 0.25) is 0 Å². The molecule has 0 saturated heterocycles. The number of para-hydroxylation sites is 3. The summed E-state index contributed by atoms with van der Waals surface area (Å²) in [6, 6.07) is 68.0. The van der Waals surface area contributed by atoms with E-state index in [1.54, 1.807) is 0 Å². The summed E-state index contributed by atoms with van der Waals surface area (Å²) in [5.41, 5.74) is 18.3. The summed E-state index contributed by atoms with van der Waals surface area (Å²) in [4.78, 5) is 1.47. The SMILES string of the molecule is CC1(C)c2ccccc2-c2ccc(C3CC(n4c5ccccc5c5cc(-c6ccc7c(c6)c6ccccc6n7-c6ccccc6)ccc54)=Cc4c3sc3ccccc43)cc21. The molecule has 1 atom stereocenters. The fraction of sp³-hybridized carbons (Fsp3) is 0.0877. The minimum atomic E-state index is -0.0493. The molecule has 2 aliphatic rings. The molecule has 13 rings (SSSR count). The van der Waals surface area contributed by atoms with E-state index in [9.17, 15) is 0 Å². The zero-order valence-electron chi connectivity index (χ0n) is 33.5. The molecule has 1 unspecified atom stereocenters. The Kier molecular flexibility index (Phi) is 7.10. The van der Waals surface area contributed by atoms with E-state index >= 15 is 0 Å². The Morgan fingerprint density at radius 1 is 0.483 bits per heavy atom. The Balaban J connectivity index is 0.972. The van der Waals surface area contributed by atoms with Gasteiger partial charge >= 0.3 is 0 Å². The van der Waals surface area contributed by atoms with Gasteiger partial charge in [-0.15, -0.1) is 11.3 Å². The van der Waals surface area contributed by atoms with Crippen LogP contribution in [0.3, 0.4) is 0 Å². The van der Waals surface area contributed by atoms with E-state index in [1.807, 2.05) is 11.3 Å². The highest BCUT2D eigenvalue weighted by Gasteiger charge is 2.37. The van der Waals surface area contributed by atoms with Crippen LogP contribution in [0.15, 0.2) is 182 Å². The van der Waals surface area contributed by atoms with Crippen LogP contribution in [-0.2, 0) is 5.41 Å². The van der Waals surface area contributed by atoms with E-state index in [-0.39, 0.29) is 11.3 Å². The molecule has 8 aromatic carbocycles. The van der Waals surface area contributed by atoms with Crippen LogP contribution < -0.4 is 0 Å². The van der Waals surface area contributed by atoms with Crippen LogP contribution in [0, 0.1) is 0 Å². The van der Waals surface area contributed by atoms with Crippen molar-refractivity contribution >= 4 is 76.8 Å². The van der Waals surface area contributed by atoms with Crippen molar-refractivity contribution in [2.24, 2.45) is 0 Å². The molecule has 0 saturated carbocycles. The third-order valence-corrected chi connectivity index (χ3v) is 15.0. The third-order valence-electron chi connectivity index (χ3n) is 13.7. The molecule has 284 valence electrons. The van der Waals surface area contributed by atoms with Crippen molar-refractivity contribution in [3.8, 4) is 27.9 Å². The van der Waals surface area contributed by atoms with Crippen molar-refractivity contribution in [1.82, 2.24) is 9.13 Å². The second kappa shape index (κ2) is 12.5. The first kappa shape index (κ1) is 34.0. The Morgan fingerprint density at radius 2 is 1.07 bits per heavy atom. The van der Waals surface area contributed by atoms with E-state index in [4.69, 9.17) is 0 Å². The zero-order chi connectivity index (χ0) is 39.7. The second-order valence-corrected chi connectivity index (χ2v) is 18.3. The van der Waals surface area contributed by atoms with Gasteiger partial charge in [0.25, 0.3) is 0 Å². The minimum Gasteiger partial charge on any atom is -0.313 e. The van der Waals surface area contributed by atoms with Gasteiger partial charge in [0.15, 0.2) is 0 Å². The van der Waals surface area contributed by atoms with E-state index < -0.39 is 0 Å². The van der Waals surface area contributed by atoms with Crippen LogP contribution in [0.4, 0.5) is 0 Å². The molecule has 0 bridgehead atoms. The summed E-state index contributed by atoms with van der Waals surface area (Å²) >= 11 is 1.98. The lowest BCUT2D eigenvalue weighted by Gasteiger charge is -2.27. The molecule has 0 fully saturated rings. The maximum Gasteiger partial charge on any atom is 0.0541 e. The first-order chi connectivity index (χ1) is 29.5. The molecule has 3 heterocycles. The first-order valence-electron chi connectivity index (χ1n) is 21.1. The summed E-state index contributed by atoms with van der Waals surface area (Å²) in [5.74, 6) is 0.238. The molecular formula is C57H40N2S. The van der Waals surface area contributed by atoms with Crippen LogP contribution in [0.2, 0.25) is 0 Å². The van der Waals surface area contributed by atoms with E-state index in [0.717, 1.165) is 6.42 Å². The van der Waals surface area contributed by atoms with E-state index in [1.165, 1.54) is 114 Å². The smallest absolute Gasteiger partial charge is 0.0541 e. The van der Waals surface area contributed by atoms with Crippen LogP contribution in [-0.4, -0.2) is 9.13 Å². The number of thiophene rings is 1. The third kappa shape index (κ3) is 4.75. The quantitative estimate of drug-likeness (QED) is 0.168. The summed E-state index contributed by atoms with van der Waals surface area (Å²) in [6.07, 6.45) is 3.43. The van der Waals surface area contributed by atoms with E-state index in [2.05, 4.69) is 211 Å². The average Bonchev–Trinajstić information content (AvgIpc) is 4.01. The lowest BCUT2D eigenvalue weighted by atomic mass is 9.79. The van der Waals surface area contributed by atoms with Crippen molar-refractivity contribution in [2.45, 2.75) is 31.6 Å². The van der Waals surface area contributed by atoms with Gasteiger partial charge in [-0.05, 0) is 112 Å². The van der Waals surface area contributed by atoms with Gasteiger partial charge in [0.05, 0.1) is 22.1 Å². The first-order valence-corrected chi connectivity index (χ1v) is 21.9. The highest BCUT2D eigenvalue weighted by molar-refractivity contribution is 7.19. The van der Waals surface area contributed by atoms with Crippen molar-refractivity contribution in [1.29, 1.82) is 0 Å². The molecular weight excluding hydrogens is 745 g/mol.